The van der Waals surface area contributed by atoms with Crippen molar-refractivity contribution in [3.63, 3.8) is 0 Å². The smallest absolute Gasteiger partial charge is 0.313 e. The van der Waals surface area contributed by atoms with Crippen LogP contribution >= 0.6 is 17.0 Å². The van der Waals surface area contributed by atoms with Crippen molar-refractivity contribution in [3.8, 4) is 0 Å². The Morgan fingerprint density at radius 1 is 0.500 bits per heavy atom. The maximum Gasteiger partial charge on any atom is 0.313 e. The number of carbonyl (C=O) groups is 3. The van der Waals surface area contributed by atoms with Gasteiger partial charge in [0.25, 0.3) is 0 Å². The summed E-state index contributed by atoms with van der Waals surface area (Å²) < 4.78 is 2.38. The first-order chi connectivity index (χ1) is 17.1. The topological polar surface area (TPSA) is 112 Å². The molecule has 0 aliphatic heterocycles. The third-order valence-electron chi connectivity index (χ3n) is 6.45. The van der Waals surface area contributed by atoms with Crippen molar-refractivity contribution in [1.29, 1.82) is 0 Å². The Hall–Kier alpha value is -2.72. The van der Waals surface area contributed by atoms with Gasteiger partial charge < -0.3 is 5.11 Å². The van der Waals surface area contributed by atoms with Crippen LogP contribution in [0.15, 0.2) is 78.9 Å². The molecule has 6 nitrogen and oxygen atoms in total. The second-order valence-electron chi connectivity index (χ2n) is 10.3. The molecule has 0 saturated carbocycles. The normalized spacial score (nSPS) is 11.5. The summed E-state index contributed by atoms with van der Waals surface area (Å²) in [6.07, 6.45) is 0. The van der Waals surface area contributed by atoms with Crippen molar-refractivity contribution < 1.29 is 50.9 Å². The zero-order valence-corrected chi connectivity index (χ0v) is 26.2. The van der Waals surface area contributed by atoms with Gasteiger partial charge >= 0.3 is 164 Å². The summed E-state index contributed by atoms with van der Waals surface area (Å²) in [5.41, 5.74) is -0.196. The maximum absolute atomic E-state index is 11.3. The van der Waals surface area contributed by atoms with Crippen LogP contribution in [0.3, 0.4) is 0 Å². The summed E-state index contributed by atoms with van der Waals surface area (Å²) in [5.74, 6) is -2.48. The van der Waals surface area contributed by atoms with Gasteiger partial charge in [0.1, 0.15) is 0 Å². The molecule has 0 spiro atoms. The number of benzene rings is 3. The van der Waals surface area contributed by atoms with Crippen LogP contribution in [0.1, 0.15) is 58.2 Å². The molecule has 0 amide bonds. The molecule has 0 unspecified atom stereocenters. The summed E-state index contributed by atoms with van der Waals surface area (Å²) in [5, 5.41) is 27.5. The Kier molecular flexibility index (Phi) is 11.7. The molecule has 0 saturated heterocycles. The minimum atomic E-state index is -0.902. The van der Waals surface area contributed by atoms with Gasteiger partial charge in [0.2, 0.25) is 0 Å². The summed E-state index contributed by atoms with van der Waals surface area (Å²) in [4.78, 5) is 33.5. The minimum absolute atomic E-state index is 0. The summed E-state index contributed by atoms with van der Waals surface area (Å²) in [6.45, 7) is 10.2. The second kappa shape index (κ2) is 13.4. The van der Waals surface area contributed by atoms with Crippen LogP contribution in [-0.2, 0) is 30.6 Å². The van der Waals surface area contributed by atoms with Gasteiger partial charge in [-0.3, -0.25) is 4.79 Å². The molecule has 3 N–H and O–H groups in total. The zero-order chi connectivity index (χ0) is 28.0. The largest absolute Gasteiger partial charge is 0.481 e. The minimum Gasteiger partial charge on any atom is -0.481 e. The van der Waals surface area contributed by atoms with Gasteiger partial charge in [-0.25, -0.2) is 0 Å². The van der Waals surface area contributed by atoms with E-state index in [1.165, 1.54) is 7.14 Å². The number of carboxylic acids is 3. The van der Waals surface area contributed by atoms with E-state index >= 15 is 0 Å². The molecular weight excluding hydrogens is 663 g/mol. The number of halogens is 2. The first-order valence-electron chi connectivity index (χ1n) is 11.7. The molecule has 206 valence electrons. The van der Waals surface area contributed by atoms with E-state index in [1.807, 2.05) is 78.9 Å². The second-order valence-corrected chi connectivity index (χ2v) is 13.3. The predicted octanol–water partition coefficient (Wildman–Crippen LogP) is 3.17. The quantitative estimate of drug-likeness (QED) is 0.312. The van der Waals surface area contributed by atoms with Crippen molar-refractivity contribution in [2.75, 3.05) is 0 Å². The monoisotopic (exact) mass is 697 g/mol. The first kappa shape index (κ1) is 33.3. The Morgan fingerprint density at radius 2 is 0.763 bits per heavy atom. The molecule has 0 aliphatic rings. The standard InChI is InChI=1S/C20H22IO4.C10H12O2.BrH/c1-19(2,17(22)23)13-5-9-15(10-6-13)21-16-11-7-14(8-12-16)20(3,4)18(24)25;1-10(2,9(11)12)8-6-4-3-5-7-8;/h5-12H,1-4H3,(H,22,23)(H,24,25);3-7H,1-2H3,(H,11,12);1H/q-1;;. The van der Waals surface area contributed by atoms with E-state index in [9.17, 15) is 24.6 Å². The van der Waals surface area contributed by atoms with Gasteiger partial charge in [0.15, 0.2) is 0 Å². The fraction of sp³-hybridized carbons (Fsp3) is 0.300. The number of carboxylic acid groups (broad SMARTS) is 3. The zero-order valence-electron chi connectivity index (χ0n) is 22.4. The van der Waals surface area contributed by atoms with Crippen molar-refractivity contribution in [3.05, 3.63) is 103 Å². The summed E-state index contributed by atoms with van der Waals surface area (Å²) in [6, 6.07) is 24.7. The average Bonchev–Trinajstić information content (AvgIpc) is 2.85. The van der Waals surface area contributed by atoms with E-state index in [4.69, 9.17) is 5.11 Å². The number of aliphatic carboxylic acids is 3. The summed E-state index contributed by atoms with van der Waals surface area (Å²) in [7, 11) is 0. The molecule has 8 heteroatoms. The van der Waals surface area contributed by atoms with Gasteiger partial charge in [-0.1, -0.05) is 30.3 Å². The van der Waals surface area contributed by atoms with Crippen molar-refractivity contribution in [1.82, 2.24) is 0 Å². The molecule has 3 aromatic rings. The van der Waals surface area contributed by atoms with Gasteiger partial charge in [0, 0.05) is 0 Å². The fourth-order valence-corrected chi connectivity index (χ4v) is 5.37. The number of hydrogen-bond donors (Lipinski definition) is 3. The van der Waals surface area contributed by atoms with Crippen molar-refractivity contribution >= 4 is 34.9 Å². The fourth-order valence-electron chi connectivity index (χ4n) is 3.21. The number of rotatable bonds is 8. The van der Waals surface area contributed by atoms with E-state index in [-0.39, 0.29) is 17.0 Å². The van der Waals surface area contributed by atoms with Crippen LogP contribution in [0.25, 0.3) is 0 Å². The van der Waals surface area contributed by atoms with Gasteiger partial charge in [0.05, 0.1) is 5.41 Å². The van der Waals surface area contributed by atoms with Crippen molar-refractivity contribution in [2.24, 2.45) is 0 Å². The predicted molar refractivity (Wildman–Crippen MR) is 149 cm³/mol. The SMILES string of the molecule is Br.CC(C)(C(=O)O)c1ccc([I-]c2ccc(C(C)(C)C(=O)O)cc2)cc1.CC(C)(C(=O)O)c1ccccc1. The Morgan fingerprint density at radius 3 is 1.03 bits per heavy atom. The van der Waals surface area contributed by atoms with E-state index in [0.717, 1.165) is 16.7 Å². The van der Waals surface area contributed by atoms with Crippen LogP contribution in [0.5, 0.6) is 0 Å². The van der Waals surface area contributed by atoms with E-state index in [2.05, 4.69) is 0 Å². The Balaban J connectivity index is 0.000000468. The molecule has 3 rings (SSSR count). The maximum atomic E-state index is 11.3. The molecule has 3 aromatic carbocycles. The molecule has 0 aliphatic carbocycles. The van der Waals surface area contributed by atoms with Gasteiger partial charge in [-0.05, 0) is 19.4 Å². The Bertz CT molecular complexity index is 1170. The van der Waals surface area contributed by atoms with Crippen LogP contribution in [0.4, 0.5) is 0 Å². The van der Waals surface area contributed by atoms with Crippen LogP contribution in [0.2, 0.25) is 0 Å². The molecule has 0 aromatic heterocycles. The molecule has 0 heterocycles. The van der Waals surface area contributed by atoms with E-state index in [1.54, 1.807) is 41.5 Å². The molecule has 0 radical (unpaired) electrons. The van der Waals surface area contributed by atoms with Crippen LogP contribution < -0.4 is 21.2 Å². The number of hydrogen-bond acceptors (Lipinski definition) is 3. The molecule has 0 atom stereocenters. The molecule has 0 bridgehead atoms. The molecular formula is C30H35BrIO6-. The van der Waals surface area contributed by atoms with Crippen LogP contribution in [0, 0.1) is 7.14 Å². The average molecular weight is 698 g/mol. The van der Waals surface area contributed by atoms with E-state index in [0.29, 0.717) is 0 Å². The van der Waals surface area contributed by atoms with E-state index < -0.39 is 55.4 Å². The third kappa shape index (κ3) is 8.14. The first-order valence-corrected chi connectivity index (χ1v) is 13.9. The summed E-state index contributed by atoms with van der Waals surface area (Å²) >= 11 is -0.397. The Labute approximate surface area is 245 Å². The van der Waals surface area contributed by atoms with Gasteiger partial charge in [-0.2, -0.15) is 0 Å². The molecule has 0 fully saturated rings. The third-order valence-corrected chi connectivity index (χ3v) is 9.13. The molecule has 38 heavy (non-hydrogen) atoms. The van der Waals surface area contributed by atoms with Crippen molar-refractivity contribution in [2.45, 2.75) is 57.8 Å². The van der Waals surface area contributed by atoms with Gasteiger partial charge in [-0.15, -0.1) is 17.0 Å². The van der Waals surface area contributed by atoms with Crippen LogP contribution in [-0.4, -0.2) is 33.2 Å².